The summed E-state index contributed by atoms with van der Waals surface area (Å²) in [6.45, 7) is 6.66. The quantitative estimate of drug-likeness (QED) is 0.793. The van der Waals surface area contributed by atoms with Crippen molar-refractivity contribution in [3.8, 4) is 0 Å². The van der Waals surface area contributed by atoms with Crippen molar-refractivity contribution >= 4 is 11.8 Å². The highest BCUT2D eigenvalue weighted by atomic mass is 16.4. The van der Waals surface area contributed by atoms with Gasteiger partial charge in [-0.25, -0.2) is 4.79 Å². The van der Waals surface area contributed by atoms with Gasteiger partial charge in [0.15, 0.2) is 0 Å². The number of carbonyl (C=O) groups is 1. The third kappa shape index (κ3) is 4.42. The van der Waals surface area contributed by atoms with E-state index in [1.165, 1.54) is 4.90 Å². The Morgan fingerprint density at radius 2 is 1.46 bits per heavy atom. The summed E-state index contributed by atoms with van der Waals surface area (Å²) in [5.74, 6) is -0.102. The van der Waals surface area contributed by atoms with Crippen molar-refractivity contribution in [2.75, 3.05) is 13.1 Å². The molecule has 148 valence electrons. The predicted octanol–water partition coefficient (Wildman–Crippen LogP) is 3.91. The minimum atomic E-state index is -0.998. The van der Waals surface area contributed by atoms with Crippen LogP contribution in [0.15, 0.2) is 65.7 Å². The van der Waals surface area contributed by atoms with E-state index in [-0.39, 0.29) is 23.9 Å². The van der Waals surface area contributed by atoms with Gasteiger partial charge in [-0.1, -0.05) is 81.4 Å². The summed E-state index contributed by atoms with van der Waals surface area (Å²) < 4.78 is 0. The molecule has 0 spiro atoms. The molecule has 1 saturated heterocycles. The number of aliphatic hydroxyl groups excluding tert-OH is 1. The van der Waals surface area contributed by atoms with Crippen molar-refractivity contribution in [3.63, 3.8) is 0 Å². The molecule has 1 amide bonds. The molecule has 1 aliphatic heterocycles. The van der Waals surface area contributed by atoms with Crippen LogP contribution < -0.4 is 0 Å². The van der Waals surface area contributed by atoms with Crippen LogP contribution in [0.2, 0.25) is 0 Å². The summed E-state index contributed by atoms with van der Waals surface area (Å²) in [6, 6.07) is 19.5. The molecule has 0 aromatic heterocycles. The Morgan fingerprint density at radius 3 is 1.89 bits per heavy atom. The van der Waals surface area contributed by atoms with E-state index in [9.17, 15) is 15.0 Å². The van der Waals surface area contributed by atoms with Crippen molar-refractivity contribution in [3.05, 3.63) is 71.8 Å². The molecule has 0 aliphatic carbocycles. The second-order valence-electron chi connectivity index (χ2n) is 8.43. The third-order valence-corrected chi connectivity index (χ3v) is 5.39. The number of rotatable bonds is 3. The van der Waals surface area contributed by atoms with E-state index >= 15 is 0 Å². The molecule has 2 aromatic rings. The first-order valence-electron chi connectivity index (χ1n) is 9.62. The van der Waals surface area contributed by atoms with Gasteiger partial charge < -0.3 is 15.1 Å². The second-order valence-corrected chi connectivity index (χ2v) is 8.43. The maximum absolute atomic E-state index is 11.5. The predicted molar refractivity (Wildman–Crippen MR) is 111 cm³/mol. The molecule has 0 radical (unpaired) electrons. The topological polar surface area (TPSA) is 73.1 Å². The Hall–Kier alpha value is -2.66. The van der Waals surface area contributed by atoms with Crippen LogP contribution in [0.25, 0.3) is 0 Å². The summed E-state index contributed by atoms with van der Waals surface area (Å²) in [5.41, 5.74) is 2.58. The molecular weight excluding hydrogens is 352 g/mol. The number of hydrogen-bond acceptors (Lipinski definition) is 3. The molecule has 2 aromatic carbocycles. The highest BCUT2D eigenvalue weighted by molar-refractivity contribution is 6.13. The number of aliphatic imine (C=N–C) groups is 1. The molecule has 1 heterocycles. The van der Waals surface area contributed by atoms with E-state index in [4.69, 9.17) is 4.99 Å². The number of piperidine rings is 1. The van der Waals surface area contributed by atoms with Gasteiger partial charge in [-0.05, 0) is 5.41 Å². The number of benzene rings is 2. The maximum atomic E-state index is 11.5. The van der Waals surface area contributed by atoms with Crippen LogP contribution in [0.1, 0.15) is 31.9 Å². The molecule has 2 N–H and O–H groups in total. The zero-order valence-corrected chi connectivity index (χ0v) is 16.6. The Morgan fingerprint density at radius 1 is 0.964 bits per heavy atom. The molecule has 1 aliphatic rings. The fraction of sp³-hybridized carbons (Fsp3) is 0.391. The minimum absolute atomic E-state index is 0.0763. The van der Waals surface area contributed by atoms with Crippen molar-refractivity contribution in [2.45, 2.75) is 32.9 Å². The Bertz CT molecular complexity index is 786. The van der Waals surface area contributed by atoms with Crippen LogP contribution in [-0.4, -0.2) is 52.2 Å². The Balaban J connectivity index is 2.08. The van der Waals surface area contributed by atoms with Crippen LogP contribution in [0.3, 0.4) is 0 Å². The monoisotopic (exact) mass is 380 g/mol. The molecule has 0 bridgehead atoms. The summed E-state index contributed by atoms with van der Waals surface area (Å²) in [5, 5.41) is 20.3. The summed E-state index contributed by atoms with van der Waals surface area (Å²) >= 11 is 0. The van der Waals surface area contributed by atoms with E-state index in [1.54, 1.807) is 0 Å². The molecule has 5 heteroatoms. The smallest absolute Gasteiger partial charge is 0.407 e. The molecule has 3 unspecified atom stereocenters. The van der Waals surface area contributed by atoms with Crippen LogP contribution in [0.4, 0.5) is 4.79 Å². The molecule has 3 rings (SSSR count). The molecule has 5 nitrogen and oxygen atoms in total. The summed E-state index contributed by atoms with van der Waals surface area (Å²) in [4.78, 5) is 17.9. The van der Waals surface area contributed by atoms with E-state index < -0.39 is 12.2 Å². The van der Waals surface area contributed by atoms with Gasteiger partial charge in [-0.15, -0.1) is 0 Å². The van der Waals surface area contributed by atoms with E-state index in [0.29, 0.717) is 6.54 Å². The van der Waals surface area contributed by atoms with Crippen molar-refractivity contribution in [1.82, 2.24) is 4.90 Å². The standard InChI is InChI=1S/C23H28N2O3/c1-23(2,3)18-14-25(22(27)28)15-19(26)21(18)24-20(16-10-6-4-7-11-16)17-12-8-5-9-13-17/h4-13,18-19,21,26H,14-15H2,1-3H3,(H,27,28). The van der Waals surface area contributed by atoms with Crippen molar-refractivity contribution < 1.29 is 15.0 Å². The SMILES string of the molecule is CC(C)(C)C1CN(C(=O)O)CC(O)C1N=C(c1ccccc1)c1ccccc1. The molecule has 1 fully saturated rings. The number of amides is 1. The average molecular weight is 380 g/mol. The van der Waals surface area contributed by atoms with Crippen LogP contribution in [-0.2, 0) is 0 Å². The second kappa shape index (κ2) is 8.15. The highest BCUT2D eigenvalue weighted by Gasteiger charge is 2.43. The highest BCUT2D eigenvalue weighted by Crippen LogP contribution is 2.36. The van der Waals surface area contributed by atoms with Gasteiger partial charge >= 0.3 is 6.09 Å². The normalized spacial score (nSPS) is 22.6. The fourth-order valence-corrected chi connectivity index (χ4v) is 3.80. The first kappa shape index (κ1) is 20.1. The van der Waals surface area contributed by atoms with Gasteiger partial charge in [-0.3, -0.25) is 4.99 Å². The molecule has 28 heavy (non-hydrogen) atoms. The van der Waals surface area contributed by atoms with Crippen LogP contribution >= 0.6 is 0 Å². The van der Waals surface area contributed by atoms with E-state index in [0.717, 1.165) is 16.8 Å². The fourth-order valence-electron chi connectivity index (χ4n) is 3.80. The molecule has 3 atom stereocenters. The number of nitrogens with zero attached hydrogens (tertiary/aromatic N) is 2. The lowest BCUT2D eigenvalue weighted by atomic mass is 9.72. The minimum Gasteiger partial charge on any atom is -0.465 e. The Labute approximate surface area is 166 Å². The van der Waals surface area contributed by atoms with E-state index in [1.807, 2.05) is 60.7 Å². The summed E-state index contributed by atoms with van der Waals surface area (Å²) in [7, 11) is 0. The van der Waals surface area contributed by atoms with Gasteiger partial charge in [0.1, 0.15) is 0 Å². The van der Waals surface area contributed by atoms with Crippen molar-refractivity contribution in [1.29, 1.82) is 0 Å². The maximum Gasteiger partial charge on any atom is 0.407 e. The first-order chi connectivity index (χ1) is 13.3. The lowest BCUT2D eigenvalue weighted by Gasteiger charge is -2.45. The zero-order chi connectivity index (χ0) is 20.3. The zero-order valence-electron chi connectivity index (χ0n) is 16.6. The summed E-state index contributed by atoms with van der Waals surface area (Å²) in [6.07, 6.45) is -1.85. The number of hydrogen-bond donors (Lipinski definition) is 2. The van der Waals surface area contributed by atoms with E-state index in [2.05, 4.69) is 20.8 Å². The Kier molecular flexibility index (Phi) is 5.84. The number of β-amino-alcohol motifs (C(OH)–C–C–N with tert-alkyl or cyclic N) is 1. The number of carboxylic acid groups (broad SMARTS) is 1. The van der Waals surface area contributed by atoms with Crippen LogP contribution in [0.5, 0.6) is 0 Å². The van der Waals surface area contributed by atoms with Gasteiger partial charge in [0.25, 0.3) is 0 Å². The lowest BCUT2D eigenvalue weighted by Crippen LogP contribution is -2.56. The van der Waals surface area contributed by atoms with Gasteiger partial charge in [0, 0.05) is 23.6 Å². The lowest BCUT2D eigenvalue weighted by molar-refractivity contribution is -0.00735. The first-order valence-corrected chi connectivity index (χ1v) is 9.62. The van der Waals surface area contributed by atoms with Gasteiger partial charge in [0.2, 0.25) is 0 Å². The molecule has 0 saturated carbocycles. The largest absolute Gasteiger partial charge is 0.465 e. The number of likely N-dealkylation sites (tertiary alicyclic amines) is 1. The van der Waals surface area contributed by atoms with Crippen LogP contribution in [0, 0.1) is 11.3 Å². The third-order valence-electron chi connectivity index (χ3n) is 5.39. The van der Waals surface area contributed by atoms with Crippen molar-refractivity contribution in [2.24, 2.45) is 16.3 Å². The van der Waals surface area contributed by atoms with Gasteiger partial charge in [0.05, 0.1) is 24.4 Å². The van der Waals surface area contributed by atoms with Gasteiger partial charge in [-0.2, -0.15) is 0 Å². The average Bonchev–Trinajstić information content (AvgIpc) is 2.67. The number of aliphatic hydroxyl groups is 1. The molecular formula is C23H28N2O3.